The molecule has 1 heterocycles. The van der Waals surface area contributed by atoms with Gasteiger partial charge < -0.3 is 20.2 Å². The lowest BCUT2D eigenvalue weighted by Gasteiger charge is -2.22. The fraction of sp³-hybridized carbons (Fsp3) is 0.320. The Hall–Kier alpha value is -2.89. The molecule has 0 spiro atoms. The summed E-state index contributed by atoms with van der Waals surface area (Å²) in [6.07, 6.45) is 6.60. The van der Waals surface area contributed by atoms with E-state index < -0.39 is 6.10 Å². The van der Waals surface area contributed by atoms with Gasteiger partial charge in [-0.05, 0) is 41.8 Å². The molecule has 5 heteroatoms. The van der Waals surface area contributed by atoms with Gasteiger partial charge in [-0.2, -0.15) is 0 Å². The van der Waals surface area contributed by atoms with Crippen molar-refractivity contribution in [2.24, 2.45) is 0 Å². The third-order valence-electron chi connectivity index (χ3n) is 5.19. The summed E-state index contributed by atoms with van der Waals surface area (Å²) >= 11 is 0. The first-order valence-electron chi connectivity index (χ1n) is 10.4. The third-order valence-corrected chi connectivity index (χ3v) is 5.19. The minimum absolute atomic E-state index is 0.0215. The predicted molar refractivity (Wildman–Crippen MR) is 121 cm³/mol. The predicted octanol–water partition coefficient (Wildman–Crippen LogP) is 3.01. The summed E-state index contributed by atoms with van der Waals surface area (Å²) in [4.78, 5) is 16.6. The van der Waals surface area contributed by atoms with E-state index in [9.17, 15) is 9.90 Å². The minimum atomic E-state index is -0.504. The van der Waals surface area contributed by atoms with Crippen molar-refractivity contribution in [3.63, 3.8) is 0 Å². The zero-order valence-corrected chi connectivity index (χ0v) is 17.8. The maximum atomic E-state index is 12.7. The summed E-state index contributed by atoms with van der Waals surface area (Å²) in [6.45, 7) is 2.79. The molecule has 2 aromatic rings. The molecule has 0 bridgehead atoms. The molecule has 1 atom stereocenters. The highest BCUT2D eigenvalue weighted by molar-refractivity contribution is 5.94. The van der Waals surface area contributed by atoms with Gasteiger partial charge in [-0.3, -0.25) is 4.79 Å². The molecule has 0 aromatic heterocycles. The highest BCUT2D eigenvalue weighted by atomic mass is 16.3. The number of aliphatic hydroxyl groups is 1. The van der Waals surface area contributed by atoms with Crippen molar-refractivity contribution >= 4 is 5.91 Å². The van der Waals surface area contributed by atoms with Crippen LogP contribution in [0.25, 0.3) is 0 Å². The Balaban J connectivity index is 1.44. The first-order chi connectivity index (χ1) is 14.5. The molecule has 0 fully saturated rings. The molecule has 5 nitrogen and oxygen atoms in total. The van der Waals surface area contributed by atoms with Gasteiger partial charge in [-0.15, -0.1) is 0 Å². The summed E-state index contributed by atoms with van der Waals surface area (Å²) in [5, 5.41) is 13.5. The van der Waals surface area contributed by atoms with E-state index in [4.69, 9.17) is 0 Å². The monoisotopic (exact) mass is 405 g/mol. The van der Waals surface area contributed by atoms with Crippen LogP contribution >= 0.6 is 0 Å². The van der Waals surface area contributed by atoms with Gasteiger partial charge in [0.25, 0.3) is 5.91 Å². The second-order valence-electron chi connectivity index (χ2n) is 7.78. The number of likely N-dealkylation sites (N-methyl/N-ethyl adjacent to an activating group) is 2. The molecule has 1 aliphatic heterocycles. The standard InChI is InChI=1S/C25H31N3O2/c1-27-16-6-7-21(18-27)19-28(2)25(30)23-12-10-20(11-13-23)14-15-26-17-24(29)22-8-4-3-5-9-22/h3-13,18,24,26,29H,14-17,19H2,1-2H3. The normalized spacial score (nSPS) is 14.4. The molecule has 1 amide bonds. The summed E-state index contributed by atoms with van der Waals surface area (Å²) in [6, 6.07) is 17.5. The van der Waals surface area contributed by atoms with Crippen molar-refractivity contribution < 1.29 is 9.90 Å². The van der Waals surface area contributed by atoms with E-state index in [2.05, 4.69) is 28.6 Å². The van der Waals surface area contributed by atoms with E-state index in [1.807, 2.05) is 68.7 Å². The zero-order chi connectivity index (χ0) is 21.3. The first-order valence-corrected chi connectivity index (χ1v) is 10.4. The minimum Gasteiger partial charge on any atom is -0.387 e. The molecule has 30 heavy (non-hydrogen) atoms. The van der Waals surface area contributed by atoms with Crippen LogP contribution in [-0.2, 0) is 6.42 Å². The molecule has 2 N–H and O–H groups in total. The van der Waals surface area contributed by atoms with E-state index in [1.165, 1.54) is 0 Å². The highest BCUT2D eigenvalue weighted by Crippen LogP contribution is 2.12. The number of benzene rings is 2. The van der Waals surface area contributed by atoms with Crippen LogP contribution in [0.5, 0.6) is 0 Å². The van der Waals surface area contributed by atoms with Crippen LogP contribution in [0.4, 0.5) is 0 Å². The fourth-order valence-electron chi connectivity index (χ4n) is 3.49. The quantitative estimate of drug-likeness (QED) is 0.630. The van der Waals surface area contributed by atoms with Crippen molar-refractivity contribution in [2.45, 2.75) is 12.5 Å². The number of hydrogen-bond acceptors (Lipinski definition) is 4. The van der Waals surface area contributed by atoms with E-state index in [0.29, 0.717) is 18.7 Å². The van der Waals surface area contributed by atoms with Crippen molar-refractivity contribution in [2.75, 3.05) is 40.3 Å². The second kappa shape index (κ2) is 10.8. The lowest BCUT2D eigenvalue weighted by molar-refractivity contribution is 0.0807. The number of hydrogen-bond donors (Lipinski definition) is 2. The number of aliphatic hydroxyl groups excluding tert-OH is 1. The molecule has 1 unspecified atom stereocenters. The second-order valence-corrected chi connectivity index (χ2v) is 7.78. The van der Waals surface area contributed by atoms with Gasteiger partial charge in [0.2, 0.25) is 0 Å². The molecule has 0 saturated heterocycles. The number of carbonyl (C=O) groups is 1. The maximum absolute atomic E-state index is 12.7. The number of rotatable bonds is 9. The van der Waals surface area contributed by atoms with Gasteiger partial charge in [-0.1, -0.05) is 54.6 Å². The Labute approximate surface area is 179 Å². The molecule has 158 valence electrons. The first kappa shape index (κ1) is 21.8. The van der Waals surface area contributed by atoms with Crippen LogP contribution < -0.4 is 5.32 Å². The van der Waals surface area contributed by atoms with Gasteiger partial charge in [0.05, 0.1) is 6.10 Å². The Bertz CT molecular complexity index is 875. The van der Waals surface area contributed by atoms with Crippen molar-refractivity contribution in [1.29, 1.82) is 0 Å². The van der Waals surface area contributed by atoms with E-state index in [1.54, 1.807) is 4.90 Å². The Morgan fingerprint density at radius 2 is 1.90 bits per heavy atom. The summed E-state index contributed by atoms with van der Waals surface area (Å²) in [7, 11) is 3.86. The van der Waals surface area contributed by atoms with Gasteiger partial charge >= 0.3 is 0 Å². The van der Waals surface area contributed by atoms with E-state index in [0.717, 1.165) is 36.2 Å². The van der Waals surface area contributed by atoms with Crippen molar-refractivity contribution in [3.05, 3.63) is 95.2 Å². The SMILES string of the molecule is CN1C=C(CN(C)C(=O)c2ccc(CCNCC(O)c3ccccc3)cc2)C=CC1. The molecule has 0 radical (unpaired) electrons. The average molecular weight is 406 g/mol. The highest BCUT2D eigenvalue weighted by Gasteiger charge is 2.13. The maximum Gasteiger partial charge on any atom is 0.253 e. The topological polar surface area (TPSA) is 55.8 Å². The zero-order valence-electron chi connectivity index (χ0n) is 17.8. The van der Waals surface area contributed by atoms with E-state index in [-0.39, 0.29) is 5.91 Å². The van der Waals surface area contributed by atoms with E-state index >= 15 is 0 Å². The Morgan fingerprint density at radius 3 is 2.60 bits per heavy atom. The van der Waals surface area contributed by atoms with Crippen LogP contribution in [0.3, 0.4) is 0 Å². The number of carbonyl (C=O) groups excluding carboxylic acids is 1. The molecule has 0 aliphatic carbocycles. The molecule has 0 saturated carbocycles. The van der Waals surface area contributed by atoms with Crippen molar-refractivity contribution in [3.8, 4) is 0 Å². The largest absolute Gasteiger partial charge is 0.387 e. The van der Waals surface area contributed by atoms with Gasteiger partial charge in [0.1, 0.15) is 0 Å². The van der Waals surface area contributed by atoms with Crippen LogP contribution in [0.15, 0.2) is 78.5 Å². The third kappa shape index (κ3) is 6.31. The fourth-order valence-corrected chi connectivity index (χ4v) is 3.49. The van der Waals surface area contributed by atoms with Gasteiger partial charge in [-0.25, -0.2) is 0 Å². The van der Waals surface area contributed by atoms with Crippen LogP contribution in [0.2, 0.25) is 0 Å². The van der Waals surface area contributed by atoms with Crippen LogP contribution in [0, 0.1) is 0 Å². The molecule has 2 aromatic carbocycles. The molecular formula is C25H31N3O2. The molecule has 1 aliphatic rings. The van der Waals surface area contributed by atoms with Crippen LogP contribution in [-0.4, -0.2) is 61.1 Å². The number of nitrogens with one attached hydrogen (secondary N) is 1. The Morgan fingerprint density at radius 1 is 1.17 bits per heavy atom. The summed E-state index contributed by atoms with van der Waals surface area (Å²) in [5.74, 6) is 0.0215. The summed E-state index contributed by atoms with van der Waals surface area (Å²) in [5.41, 5.74) is 3.90. The van der Waals surface area contributed by atoms with Gasteiger partial charge in [0.15, 0.2) is 0 Å². The smallest absolute Gasteiger partial charge is 0.253 e. The molecular weight excluding hydrogens is 374 g/mol. The average Bonchev–Trinajstić information content (AvgIpc) is 2.77. The lowest BCUT2D eigenvalue weighted by Crippen LogP contribution is -2.29. The van der Waals surface area contributed by atoms with Gasteiger partial charge in [0, 0.05) is 45.5 Å². The van der Waals surface area contributed by atoms with Crippen LogP contribution in [0.1, 0.15) is 27.6 Å². The Kier molecular flexibility index (Phi) is 7.82. The number of nitrogens with zero attached hydrogens (tertiary/aromatic N) is 2. The van der Waals surface area contributed by atoms with Crippen molar-refractivity contribution in [1.82, 2.24) is 15.1 Å². The summed E-state index contributed by atoms with van der Waals surface area (Å²) < 4.78 is 0. The lowest BCUT2D eigenvalue weighted by atomic mass is 10.1. The number of amides is 1. The molecule has 3 rings (SSSR count).